The molecular weight excluding hydrogens is 360 g/mol. The minimum absolute atomic E-state index is 0.188. The highest BCUT2D eigenvalue weighted by molar-refractivity contribution is 9.10. The molecule has 0 aliphatic carbocycles. The fourth-order valence-electron chi connectivity index (χ4n) is 1.98. The summed E-state index contributed by atoms with van der Waals surface area (Å²) in [6.45, 7) is 16.1. The summed E-state index contributed by atoms with van der Waals surface area (Å²) in [6.07, 6.45) is 0. The van der Waals surface area contributed by atoms with E-state index in [2.05, 4.69) is 49.8 Å². The van der Waals surface area contributed by atoms with Gasteiger partial charge in [-0.25, -0.2) is 0 Å². The number of carbonyl (C=O) groups excluding carboxylic acids is 1. The van der Waals surface area contributed by atoms with Gasteiger partial charge in [0.1, 0.15) is 11.5 Å². The van der Waals surface area contributed by atoms with Crippen LogP contribution in [0.25, 0.3) is 0 Å². The van der Waals surface area contributed by atoms with Gasteiger partial charge in [0.15, 0.2) is 0 Å². The molecule has 0 heterocycles. The predicted octanol–water partition coefficient (Wildman–Crippen LogP) is 5.06. The average Bonchev–Trinajstić information content (AvgIpc) is 2.23. The summed E-state index contributed by atoms with van der Waals surface area (Å²) >= 11 is 3.49. The van der Waals surface area contributed by atoms with Gasteiger partial charge in [-0.2, -0.15) is 0 Å². The highest BCUT2D eigenvalue weighted by Gasteiger charge is 2.30. The second-order valence-electron chi connectivity index (χ2n) is 7.83. The predicted molar refractivity (Wildman–Crippen MR) is 97.4 cm³/mol. The molecule has 1 aromatic carbocycles. The highest BCUT2D eigenvalue weighted by Crippen LogP contribution is 2.42. The van der Waals surface area contributed by atoms with E-state index in [1.807, 2.05) is 32.9 Å². The maximum Gasteiger partial charge on any atom is 0.316 e. The Labute approximate surface area is 144 Å². The SMILES string of the molecule is C[SiH](C)Oc1cc(Br)cc(OC(=O)C(C)(C)C)c1C(C)(C)C. The van der Waals surface area contributed by atoms with Crippen LogP contribution in [0.2, 0.25) is 13.1 Å². The number of benzene rings is 1. The van der Waals surface area contributed by atoms with Crippen LogP contribution in [0.1, 0.15) is 47.1 Å². The third-order valence-electron chi connectivity index (χ3n) is 2.96. The van der Waals surface area contributed by atoms with Crippen molar-refractivity contribution in [1.82, 2.24) is 0 Å². The van der Waals surface area contributed by atoms with Gasteiger partial charge in [0.25, 0.3) is 0 Å². The summed E-state index contributed by atoms with van der Waals surface area (Å²) in [6, 6.07) is 3.81. The lowest BCUT2D eigenvalue weighted by Crippen LogP contribution is -2.27. The largest absolute Gasteiger partial charge is 0.547 e. The van der Waals surface area contributed by atoms with Crippen molar-refractivity contribution in [3.8, 4) is 11.5 Å². The van der Waals surface area contributed by atoms with Crippen molar-refractivity contribution in [3.05, 3.63) is 22.2 Å². The summed E-state index contributed by atoms with van der Waals surface area (Å²) in [5.41, 5.74) is 0.201. The monoisotopic (exact) mass is 386 g/mol. The molecule has 0 saturated heterocycles. The molecule has 0 aliphatic rings. The number of hydrogen-bond donors (Lipinski definition) is 0. The quantitative estimate of drug-likeness (QED) is 0.413. The van der Waals surface area contributed by atoms with Crippen LogP contribution in [-0.2, 0) is 10.2 Å². The van der Waals surface area contributed by atoms with Crippen molar-refractivity contribution in [1.29, 1.82) is 0 Å². The molecule has 22 heavy (non-hydrogen) atoms. The van der Waals surface area contributed by atoms with Gasteiger partial charge in [-0.3, -0.25) is 4.79 Å². The summed E-state index contributed by atoms with van der Waals surface area (Å²) in [5, 5.41) is 0. The topological polar surface area (TPSA) is 35.5 Å². The first-order valence-electron chi connectivity index (χ1n) is 7.55. The molecule has 1 rings (SSSR count). The molecule has 0 amide bonds. The zero-order valence-corrected chi connectivity index (χ0v) is 17.6. The lowest BCUT2D eigenvalue weighted by molar-refractivity contribution is -0.143. The summed E-state index contributed by atoms with van der Waals surface area (Å²) in [7, 11) is -1.27. The van der Waals surface area contributed by atoms with Crippen molar-refractivity contribution >= 4 is 30.9 Å². The van der Waals surface area contributed by atoms with E-state index in [9.17, 15) is 4.79 Å². The molecule has 124 valence electrons. The maximum atomic E-state index is 12.3. The van der Waals surface area contributed by atoms with E-state index >= 15 is 0 Å². The zero-order chi connectivity index (χ0) is 17.3. The number of hydrogen-bond acceptors (Lipinski definition) is 3. The van der Waals surface area contributed by atoms with Crippen LogP contribution in [0, 0.1) is 5.41 Å². The molecule has 0 bridgehead atoms. The second-order valence-corrected chi connectivity index (χ2v) is 11.1. The van der Waals surface area contributed by atoms with E-state index in [-0.39, 0.29) is 11.4 Å². The fourth-order valence-corrected chi connectivity index (χ4v) is 3.09. The first kappa shape index (κ1) is 19.2. The third-order valence-corrected chi connectivity index (χ3v) is 4.14. The lowest BCUT2D eigenvalue weighted by atomic mass is 9.85. The molecule has 0 spiro atoms. The summed E-state index contributed by atoms with van der Waals surface area (Å²) in [4.78, 5) is 12.3. The summed E-state index contributed by atoms with van der Waals surface area (Å²) in [5.74, 6) is 1.13. The number of ether oxygens (including phenoxy) is 1. The van der Waals surface area contributed by atoms with Crippen molar-refractivity contribution in [2.75, 3.05) is 0 Å². The molecule has 0 fully saturated rings. The third kappa shape index (κ3) is 5.13. The minimum Gasteiger partial charge on any atom is -0.547 e. The first-order valence-corrected chi connectivity index (χ1v) is 11.1. The first-order chi connectivity index (χ1) is 9.82. The normalized spacial score (nSPS) is 12.5. The van der Waals surface area contributed by atoms with Crippen LogP contribution in [-0.4, -0.2) is 15.0 Å². The molecule has 0 radical (unpaired) electrons. The van der Waals surface area contributed by atoms with Gasteiger partial charge in [0, 0.05) is 10.0 Å². The molecule has 1 aromatic rings. The van der Waals surface area contributed by atoms with E-state index in [0.29, 0.717) is 5.75 Å². The number of halogens is 1. The Balaban J connectivity index is 3.42. The molecule has 0 atom stereocenters. The van der Waals surface area contributed by atoms with E-state index in [1.54, 1.807) is 0 Å². The maximum absolute atomic E-state index is 12.3. The smallest absolute Gasteiger partial charge is 0.316 e. The van der Waals surface area contributed by atoms with Gasteiger partial charge in [-0.1, -0.05) is 36.7 Å². The van der Waals surface area contributed by atoms with E-state index in [0.717, 1.165) is 15.8 Å². The Bertz CT molecular complexity index is 554. The van der Waals surface area contributed by atoms with Gasteiger partial charge in [0.2, 0.25) is 9.04 Å². The van der Waals surface area contributed by atoms with Crippen LogP contribution >= 0.6 is 15.9 Å². The minimum atomic E-state index is -1.27. The van der Waals surface area contributed by atoms with E-state index < -0.39 is 14.5 Å². The Kier molecular flexibility index (Phi) is 5.90. The molecule has 0 aromatic heterocycles. The Morgan fingerprint density at radius 3 is 1.95 bits per heavy atom. The van der Waals surface area contributed by atoms with Gasteiger partial charge < -0.3 is 9.16 Å². The average molecular weight is 387 g/mol. The van der Waals surface area contributed by atoms with Gasteiger partial charge in [-0.05, 0) is 51.4 Å². The van der Waals surface area contributed by atoms with Crippen molar-refractivity contribution < 1.29 is 14.0 Å². The molecule has 3 nitrogen and oxygen atoms in total. The van der Waals surface area contributed by atoms with Crippen LogP contribution in [0.5, 0.6) is 11.5 Å². The van der Waals surface area contributed by atoms with Crippen LogP contribution in [0.3, 0.4) is 0 Å². The van der Waals surface area contributed by atoms with Crippen LogP contribution in [0.4, 0.5) is 0 Å². The molecule has 5 heteroatoms. The molecule has 0 saturated carbocycles. The standard InChI is InChI=1S/C17H27BrO3Si/c1-16(2,3)14-12(20-15(19)17(4,5)6)9-11(18)10-13(14)21-22(7)8/h9-10,22H,1-8H3. The molecule has 0 N–H and O–H groups in total. The second kappa shape index (κ2) is 6.75. The van der Waals surface area contributed by atoms with Gasteiger partial charge in [-0.15, -0.1) is 0 Å². The molecule has 0 aliphatic heterocycles. The number of esters is 1. The number of carbonyl (C=O) groups is 1. The fraction of sp³-hybridized carbons (Fsp3) is 0.588. The summed E-state index contributed by atoms with van der Waals surface area (Å²) < 4.78 is 12.6. The number of rotatable bonds is 3. The van der Waals surface area contributed by atoms with Crippen molar-refractivity contribution in [3.63, 3.8) is 0 Å². The van der Waals surface area contributed by atoms with Crippen molar-refractivity contribution in [2.24, 2.45) is 5.41 Å². The van der Waals surface area contributed by atoms with Crippen LogP contribution in [0.15, 0.2) is 16.6 Å². The molecular formula is C17H27BrO3Si. The van der Waals surface area contributed by atoms with Gasteiger partial charge >= 0.3 is 5.97 Å². The zero-order valence-electron chi connectivity index (χ0n) is 14.8. The Hall–Kier alpha value is -0.813. The van der Waals surface area contributed by atoms with Crippen LogP contribution < -0.4 is 9.16 Å². The van der Waals surface area contributed by atoms with E-state index in [1.165, 1.54) is 0 Å². The molecule has 0 unspecified atom stereocenters. The van der Waals surface area contributed by atoms with Gasteiger partial charge in [0.05, 0.1) is 5.41 Å². The van der Waals surface area contributed by atoms with E-state index in [4.69, 9.17) is 9.16 Å². The van der Waals surface area contributed by atoms with Crippen molar-refractivity contribution in [2.45, 2.75) is 60.1 Å². The highest BCUT2D eigenvalue weighted by atomic mass is 79.9. The Morgan fingerprint density at radius 1 is 1.05 bits per heavy atom. The Morgan fingerprint density at radius 2 is 1.55 bits per heavy atom. The lowest BCUT2D eigenvalue weighted by Gasteiger charge is -2.28.